The Morgan fingerprint density at radius 2 is 2.38 bits per heavy atom. The summed E-state index contributed by atoms with van der Waals surface area (Å²) in [6.07, 6.45) is 4.14. The van der Waals surface area contributed by atoms with Crippen molar-refractivity contribution >= 4 is 26.0 Å². The quantitative estimate of drug-likeness (QED) is 0.765. The third-order valence-corrected chi connectivity index (χ3v) is 3.73. The van der Waals surface area contributed by atoms with Crippen molar-refractivity contribution < 1.29 is 19.1 Å². The van der Waals surface area contributed by atoms with Crippen molar-refractivity contribution in [3.05, 3.63) is 12.0 Å². The van der Waals surface area contributed by atoms with Crippen LogP contribution in [0.25, 0.3) is 0 Å². The molecule has 2 atom stereocenters. The Labute approximate surface area is 121 Å². The fourth-order valence-corrected chi connectivity index (χ4v) is 2.74. The number of ether oxygens (including phenoxy) is 1. The number of nitrogens with zero attached hydrogens (tertiary/aromatic N) is 5. The summed E-state index contributed by atoms with van der Waals surface area (Å²) in [6, 6.07) is 0. The second-order valence-electron chi connectivity index (χ2n) is 5.02. The highest BCUT2D eigenvalue weighted by Gasteiger charge is 2.30. The monoisotopic (exact) mass is 313 g/mol. The van der Waals surface area contributed by atoms with Gasteiger partial charge in [-0.05, 0) is 6.92 Å². The van der Waals surface area contributed by atoms with E-state index in [0.29, 0.717) is 12.4 Å². The second kappa shape index (κ2) is 5.34. The first kappa shape index (κ1) is 14.4. The van der Waals surface area contributed by atoms with Crippen LogP contribution in [-0.2, 0) is 15.8 Å². The standard InChI is InChI=1S/C11H16N5O4P/c1-8(20-7-21(17,18)19)4-16-5-13-9-10-12-2-3-15(10)6-14-11(9)16/h2,5-6,8,10H,3-4,7H2,1H3,(H2,17,18,19). The van der Waals surface area contributed by atoms with E-state index in [1.807, 2.05) is 11.1 Å². The minimum atomic E-state index is -4.15. The lowest BCUT2D eigenvalue weighted by molar-refractivity contribution is 0.0760. The van der Waals surface area contributed by atoms with Gasteiger partial charge in [-0.15, -0.1) is 0 Å². The maximum Gasteiger partial charge on any atom is 0.350 e. The van der Waals surface area contributed by atoms with E-state index in [1.54, 1.807) is 24.2 Å². The molecular formula is C11H16N5O4P. The summed E-state index contributed by atoms with van der Waals surface area (Å²) in [7, 11) is -4.15. The van der Waals surface area contributed by atoms with E-state index in [4.69, 9.17) is 14.5 Å². The van der Waals surface area contributed by atoms with Gasteiger partial charge in [0.05, 0.1) is 31.9 Å². The largest absolute Gasteiger partial charge is 0.364 e. The molecule has 0 spiro atoms. The van der Waals surface area contributed by atoms with Gasteiger partial charge in [-0.3, -0.25) is 9.56 Å². The van der Waals surface area contributed by atoms with Crippen molar-refractivity contribution in [3.8, 4) is 0 Å². The molecule has 3 heterocycles. The summed E-state index contributed by atoms with van der Waals surface area (Å²) in [6.45, 7) is 2.88. The molecule has 21 heavy (non-hydrogen) atoms. The SMILES string of the molecule is CC(Cn1cnc2c1N=CN1CC=NC21)OCP(=O)(O)O. The molecule has 9 nitrogen and oxygen atoms in total. The third-order valence-electron chi connectivity index (χ3n) is 3.24. The molecule has 10 heteroatoms. The number of fused-ring (bicyclic) bond motifs is 3. The van der Waals surface area contributed by atoms with Crippen LogP contribution in [0.5, 0.6) is 0 Å². The van der Waals surface area contributed by atoms with Crippen LogP contribution < -0.4 is 0 Å². The Morgan fingerprint density at radius 1 is 1.57 bits per heavy atom. The average Bonchev–Trinajstić information content (AvgIpc) is 3.01. The number of rotatable bonds is 5. The number of hydrogen-bond donors (Lipinski definition) is 2. The maximum absolute atomic E-state index is 10.8. The molecule has 3 rings (SSSR count). The van der Waals surface area contributed by atoms with Crippen LogP contribution in [0.15, 0.2) is 16.3 Å². The Hall–Kier alpha value is -1.54. The Balaban J connectivity index is 1.70. The topological polar surface area (TPSA) is 113 Å². The summed E-state index contributed by atoms with van der Waals surface area (Å²) in [5.74, 6) is 0.710. The number of hydrogen-bond acceptors (Lipinski definition) is 6. The van der Waals surface area contributed by atoms with Gasteiger partial charge in [0.15, 0.2) is 12.0 Å². The van der Waals surface area contributed by atoms with E-state index in [-0.39, 0.29) is 12.3 Å². The molecule has 2 N–H and O–H groups in total. The lowest BCUT2D eigenvalue weighted by Crippen LogP contribution is -2.26. The number of aliphatic imine (C=N–C) groups is 2. The zero-order chi connectivity index (χ0) is 15.0. The molecule has 0 amide bonds. The number of aromatic nitrogens is 2. The van der Waals surface area contributed by atoms with Crippen molar-refractivity contribution in [3.63, 3.8) is 0 Å². The smallest absolute Gasteiger partial charge is 0.350 e. The molecule has 1 aromatic heterocycles. The normalized spacial score (nSPS) is 21.5. The molecule has 2 aliphatic heterocycles. The average molecular weight is 313 g/mol. The van der Waals surface area contributed by atoms with Gasteiger partial charge < -0.3 is 24.0 Å². The second-order valence-corrected chi connectivity index (χ2v) is 6.61. The summed E-state index contributed by atoms with van der Waals surface area (Å²) in [5.41, 5.74) is 0.786. The van der Waals surface area contributed by atoms with Gasteiger partial charge in [0.2, 0.25) is 0 Å². The minimum absolute atomic E-state index is 0.120. The van der Waals surface area contributed by atoms with E-state index in [1.165, 1.54) is 0 Å². The Morgan fingerprint density at radius 3 is 3.14 bits per heavy atom. The first-order valence-electron chi connectivity index (χ1n) is 6.47. The van der Waals surface area contributed by atoms with Crippen molar-refractivity contribution in [2.24, 2.45) is 9.98 Å². The summed E-state index contributed by atoms with van der Waals surface area (Å²) < 4.78 is 17.8. The highest BCUT2D eigenvalue weighted by molar-refractivity contribution is 7.51. The molecule has 0 saturated heterocycles. The molecule has 0 aromatic carbocycles. The zero-order valence-electron chi connectivity index (χ0n) is 11.4. The Kier molecular flexibility index (Phi) is 3.66. The fraction of sp³-hybridized carbons (Fsp3) is 0.545. The van der Waals surface area contributed by atoms with E-state index in [9.17, 15) is 4.57 Å². The van der Waals surface area contributed by atoms with Crippen LogP contribution >= 0.6 is 7.60 Å². The molecule has 0 saturated carbocycles. The predicted octanol–water partition coefficient (Wildman–Crippen LogP) is 0.482. The van der Waals surface area contributed by atoms with E-state index in [2.05, 4.69) is 15.0 Å². The molecule has 1 aromatic rings. The molecule has 0 radical (unpaired) electrons. The van der Waals surface area contributed by atoms with Crippen molar-refractivity contribution in [1.82, 2.24) is 14.5 Å². The van der Waals surface area contributed by atoms with Crippen LogP contribution in [0, 0.1) is 0 Å². The van der Waals surface area contributed by atoms with Crippen molar-refractivity contribution in [2.75, 3.05) is 12.9 Å². The first-order chi connectivity index (χ1) is 9.94. The fourth-order valence-electron chi connectivity index (χ4n) is 2.30. The summed E-state index contributed by atoms with van der Waals surface area (Å²) in [4.78, 5) is 32.7. The van der Waals surface area contributed by atoms with Gasteiger partial charge in [0.1, 0.15) is 12.0 Å². The van der Waals surface area contributed by atoms with E-state index in [0.717, 1.165) is 12.2 Å². The summed E-state index contributed by atoms with van der Waals surface area (Å²) in [5, 5.41) is 0. The third kappa shape index (κ3) is 3.06. The predicted molar refractivity (Wildman–Crippen MR) is 75.8 cm³/mol. The van der Waals surface area contributed by atoms with Crippen molar-refractivity contribution in [1.29, 1.82) is 0 Å². The first-order valence-corrected chi connectivity index (χ1v) is 8.26. The van der Waals surface area contributed by atoms with Crippen LogP contribution in [-0.4, -0.2) is 55.8 Å². The van der Waals surface area contributed by atoms with Crippen LogP contribution in [0.4, 0.5) is 5.82 Å². The lowest BCUT2D eigenvalue weighted by Gasteiger charge is -2.23. The molecule has 0 aliphatic carbocycles. The zero-order valence-corrected chi connectivity index (χ0v) is 12.3. The Bertz CT molecular complexity index is 637. The molecule has 2 unspecified atom stereocenters. The maximum atomic E-state index is 10.8. The van der Waals surface area contributed by atoms with Crippen LogP contribution in [0.1, 0.15) is 18.8 Å². The molecule has 114 valence electrons. The van der Waals surface area contributed by atoms with Gasteiger partial charge in [0.25, 0.3) is 0 Å². The lowest BCUT2D eigenvalue weighted by atomic mass is 10.3. The van der Waals surface area contributed by atoms with Gasteiger partial charge >= 0.3 is 7.60 Å². The van der Waals surface area contributed by atoms with Gasteiger partial charge in [-0.25, -0.2) is 9.98 Å². The van der Waals surface area contributed by atoms with Crippen LogP contribution in [0.2, 0.25) is 0 Å². The molecule has 0 fully saturated rings. The van der Waals surface area contributed by atoms with Gasteiger partial charge in [-0.1, -0.05) is 0 Å². The highest BCUT2D eigenvalue weighted by Crippen LogP contribution is 2.36. The van der Waals surface area contributed by atoms with Crippen LogP contribution in [0.3, 0.4) is 0 Å². The minimum Gasteiger partial charge on any atom is -0.364 e. The molecule has 2 aliphatic rings. The molecular weight excluding hydrogens is 297 g/mol. The highest BCUT2D eigenvalue weighted by atomic mass is 31.2. The number of imidazole rings is 1. The van der Waals surface area contributed by atoms with E-state index >= 15 is 0 Å². The van der Waals surface area contributed by atoms with E-state index < -0.39 is 13.9 Å². The van der Waals surface area contributed by atoms with Gasteiger partial charge in [-0.2, -0.15) is 0 Å². The molecule has 0 bridgehead atoms. The van der Waals surface area contributed by atoms with Gasteiger partial charge in [0, 0.05) is 6.21 Å². The van der Waals surface area contributed by atoms with Crippen molar-refractivity contribution in [2.45, 2.75) is 25.7 Å². The summed E-state index contributed by atoms with van der Waals surface area (Å²) >= 11 is 0.